The molecule has 0 aliphatic carbocycles. The molecule has 1 aromatic carbocycles. The molecule has 1 fully saturated rings. The first-order valence-electron chi connectivity index (χ1n) is 12.3. The van der Waals surface area contributed by atoms with Crippen LogP contribution in [-0.2, 0) is 11.2 Å². The first-order chi connectivity index (χ1) is 16.0. The number of carbonyl (C=O) groups is 1. The first-order valence-corrected chi connectivity index (χ1v) is 12.3. The van der Waals surface area contributed by atoms with Crippen LogP contribution in [0.15, 0.2) is 36.5 Å². The van der Waals surface area contributed by atoms with E-state index in [0.717, 1.165) is 37.1 Å². The Hall–Kier alpha value is -2.80. The van der Waals surface area contributed by atoms with E-state index in [4.69, 9.17) is 11.1 Å². The number of aromatic nitrogens is 2. The molecule has 4 rings (SSSR count). The Morgan fingerprint density at radius 1 is 1.09 bits per heavy atom. The van der Waals surface area contributed by atoms with E-state index in [2.05, 4.69) is 34.8 Å². The number of rotatable bonds is 8. The second kappa shape index (κ2) is 10.4. The van der Waals surface area contributed by atoms with Crippen molar-refractivity contribution in [1.82, 2.24) is 14.9 Å². The molecule has 7 nitrogen and oxygen atoms in total. The number of nitrogens with zero attached hydrogens (tertiary/aromatic N) is 4. The summed E-state index contributed by atoms with van der Waals surface area (Å²) in [6, 6.07) is 11.3. The van der Waals surface area contributed by atoms with Gasteiger partial charge >= 0.3 is 0 Å². The van der Waals surface area contributed by atoms with Gasteiger partial charge < -0.3 is 10.6 Å². The van der Waals surface area contributed by atoms with Crippen LogP contribution in [0.4, 0.5) is 5.69 Å². The van der Waals surface area contributed by atoms with E-state index in [1.54, 1.807) is 12.3 Å². The van der Waals surface area contributed by atoms with Gasteiger partial charge in [-0.25, -0.2) is 9.97 Å². The van der Waals surface area contributed by atoms with Crippen LogP contribution in [0.25, 0.3) is 0 Å². The zero-order chi connectivity index (χ0) is 23.4. The smallest absolute Gasteiger partial charge is 0.236 e. The normalized spacial score (nSPS) is 23.4. The molecule has 0 saturated carbocycles. The van der Waals surface area contributed by atoms with Crippen LogP contribution in [0, 0.1) is 5.41 Å². The number of amidine groups is 1. The van der Waals surface area contributed by atoms with E-state index in [1.807, 2.05) is 23.1 Å². The molecule has 3 atom stereocenters. The average molecular weight is 449 g/mol. The Bertz CT molecular complexity index is 982. The lowest BCUT2D eigenvalue weighted by Crippen LogP contribution is -2.44. The average Bonchev–Trinajstić information content (AvgIpc) is 2.81. The van der Waals surface area contributed by atoms with Gasteiger partial charge in [-0.3, -0.25) is 15.1 Å². The molecule has 33 heavy (non-hydrogen) atoms. The molecule has 2 aromatic rings. The number of para-hydroxylation sites is 1. The van der Waals surface area contributed by atoms with Gasteiger partial charge in [-0.05, 0) is 70.2 Å². The largest absolute Gasteiger partial charge is 0.381 e. The summed E-state index contributed by atoms with van der Waals surface area (Å²) in [6.07, 6.45) is 9.38. The summed E-state index contributed by atoms with van der Waals surface area (Å²) in [7, 11) is 0. The molecular weight excluding hydrogens is 412 g/mol. The van der Waals surface area contributed by atoms with E-state index < -0.39 is 0 Å². The van der Waals surface area contributed by atoms with E-state index in [-0.39, 0.29) is 23.5 Å². The molecule has 0 spiro atoms. The fraction of sp³-hybridized carbons (Fsp3) is 0.538. The molecule has 1 unspecified atom stereocenters. The van der Waals surface area contributed by atoms with E-state index >= 15 is 0 Å². The maximum Gasteiger partial charge on any atom is 0.236 e. The predicted octanol–water partition coefficient (Wildman–Crippen LogP) is 3.87. The van der Waals surface area contributed by atoms with Crippen molar-refractivity contribution in [1.29, 1.82) is 5.41 Å². The SMILES string of the molecule is C[C@@H]1CCC[C@H](C)N1CCCCCN1C(=O)C(c2ccnc(C(=N)N)n2)Cc2ccccc21. The van der Waals surface area contributed by atoms with Crippen molar-refractivity contribution in [3.05, 3.63) is 53.6 Å². The minimum atomic E-state index is -0.379. The third kappa shape index (κ3) is 5.24. The van der Waals surface area contributed by atoms with E-state index in [1.165, 1.54) is 19.3 Å². The fourth-order valence-corrected chi connectivity index (χ4v) is 5.38. The van der Waals surface area contributed by atoms with Crippen LogP contribution in [-0.4, -0.2) is 51.8 Å². The van der Waals surface area contributed by atoms with Gasteiger partial charge in [-0.15, -0.1) is 0 Å². The maximum absolute atomic E-state index is 13.5. The van der Waals surface area contributed by atoms with Crippen LogP contribution in [0.3, 0.4) is 0 Å². The molecular formula is C26H36N6O. The molecule has 3 heterocycles. The standard InChI is InChI=1S/C26H36N6O/c1-18-9-8-10-19(2)31(18)15-6-3-7-16-32-23-12-5-4-11-20(23)17-21(26(32)33)22-13-14-29-25(30-22)24(27)28/h4-5,11-14,18-19,21H,3,6-10,15-17H2,1-2H3,(H3,27,28)/t18-,19+,21?. The number of nitrogen functional groups attached to an aromatic ring is 1. The number of benzene rings is 1. The summed E-state index contributed by atoms with van der Waals surface area (Å²) in [5, 5.41) is 7.64. The van der Waals surface area contributed by atoms with Crippen LogP contribution >= 0.6 is 0 Å². The molecule has 0 radical (unpaired) electrons. The Labute approximate surface area is 196 Å². The maximum atomic E-state index is 13.5. The zero-order valence-corrected chi connectivity index (χ0v) is 19.8. The van der Waals surface area contributed by atoms with Gasteiger partial charge in [0.2, 0.25) is 5.91 Å². The van der Waals surface area contributed by atoms with Crippen molar-refractivity contribution in [2.45, 2.75) is 76.8 Å². The molecule has 3 N–H and O–H groups in total. The summed E-state index contributed by atoms with van der Waals surface area (Å²) in [6.45, 7) is 6.56. The fourth-order valence-electron chi connectivity index (χ4n) is 5.38. The third-order valence-corrected chi connectivity index (χ3v) is 7.22. The Balaban J connectivity index is 1.42. The molecule has 176 valence electrons. The molecule has 1 saturated heterocycles. The second-order valence-electron chi connectivity index (χ2n) is 9.52. The number of nitrogens with two attached hydrogens (primary N) is 1. The molecule has 1 amide bonds. The highest BCUT2D eigenvalue weighted by Crippen LogP contribution is 2.35. The van der Waals surface area contributed by atoms with Crippen molar-refractivity contribution in [2.75, 3.05) is 18.0 Å². The van der Waals surface area contributed by atoms with Gasteiger partial charge in [0.05, 0.1) is 11.6 Å². The van der Waals surface area contributed by atoms with Gasteiger partial charge in [0, 0.05) is 30.5 Å². The molecule has 0 bridgehead atoms. The van der Waals surface area contributed by atoms with Crippen molar-refractivity contribution in [2.24, 2.45) is 5.73 Å². The van der Waals surface area contributed by atoms with Crippen LogP contribution in [0.5, 0.6) is 0 Å². The quantitative estimate of drug-likeness (QED) is 0.363. The van der Waals surface area contributed by atoms with E-state index in [9.17, 15) is 4.79 Å². The third-order valence-electron chi connectivity index (χ3n) is 7.22. The first kappa shape index (κ1) is 23.4. The highest BCUT2D eigenvalue weighted by Gasteiger charge is 2.34. The number of unbranched alkanes of at least 4 members (excludes halogenated alkanes) is 2. The van der Waals surface area contributed by atoms with Gasteiger partial charge in [-0.2, -0.15) is 0 Å². The van der Waals surface area contributed by atoms with Crippen LogP contribution < -0.4 is 10.6 Å². The number of fused-ring (bicyclic) bond motifs is 1. The monoisotopic (exact) mass is 448 g/mol. The number of piperidine rings is 1. The summed E-state index contributed by atoms with van der Waals surface area (Å²) < 4.78 is 0. The number of amides is 1. The number of carbonyl (C=O) groups excluding carboxylic acids is 1. The second-order valence-corrected chi connectivity index (χ2v) is 9.52. The molecule has 2 aliphatic heterocycles. The van der Waals surface area contributed by atoms with Crippen molar-refractivity contribution >= 4 is 17.4 Å². The summed E-state index contributed by atoms with van der Waals surface area (Å²) in [5.74, 6) is -0.321. The predicted molar refractivity (Wildman–Crippen MR) is 132 cm³/mol. The number of nitrogens with one attached hydrogen (secondary N) is 1. The van der Waals surface area contributed by atoms with Crippen molar-refractivity contribution in [3.63, 3.8) is 0 Å². The van der Waals surface area contributed by atoms with Gasteiger partial charge in [0.15, 0.2) is 11.7 Å². The van der Waals surface area contributed by atoms with Crippen LogP contribution in [0.1, 0.15) is 75.4 Å². The summed E-state index contributed by atoms with van der Waals surface area (Å²) in [5.41, 5.74) is 8.37. The Morgan fingerprint density at radius 2 is 1.82 bits per heavy atom. The van der Waals surface area contributed by atoms with Gasteiger partial charge in [0.1, 0.15) is 0 Å². The Morgan fingerprint density at radius 3 is 2.58 bits per heavy atom. The summed E-state index contributed by atoms with van der Waals surface area (Å²) >= 11 is 0. The molecule has 7 heteroatoms. The number of hydrogen-bond acceptors (Lipinski definition) is 5. The minimum Gasteiger partial charge on any atom is -0.381 e. The number of hydrogen-bond donors (Lipinski definition) is 2. The van der Waals surface area contributed by atoms with Crippen LogP contribution in [0.2, 0.25) is 0 Å². The Kier molecular flexibility index (Phi) is 7.38. The zero-order valence-electron chi connectivity index (χ0n) is 19.8. The van der Waals surface area contributed by atoms with Gasteiger partial charge in [-0.1, -0.05) is 31.0 Å². The lowest BCUT2D eigenvalue weighted by atomic mass is 9.89. The number of anilines is 1. The van der Waals surface area contributed by atoms with Crippen molar-refractivity contribution < 1.29 is 4.79 Å². The summed E-state index contributed by atoms with van der Waals surface area (Å²) in [4.78, 5) is 26.6. The highest BCUT2D eigenvalue weighted by molar-refractivity contribution is 6.01. The topological polar surface area (TPSA) is 99.2 Å². The molecule has 2 aliphatic rings. The van der Waals surface area contributed by atoms with Crippen molar-refractivity contribution in [3.8, 4) is 0 Å². The lowest BCUT2D eigenvalue weighted by molar-refractivity contribution is -0.120. The highest BCUT2D eigenvalue weighted by atomic mass is 16.2. The molecule has 1 aromatic heterocycles. The minimum absolute atomic E-state index is 0.0696. The van der Waals surface area contributed by atoms with E-state index in [0.29, 0.717) is 30.7 Å². The van der Waals surface area contributed by atoms with Gasteiger partial charge in [0.25, 0.3) is 0 Å². The lowest BCUT2D eigenvalue weighted by Gasteiger charge is -2.39. The number of likely N-dealkylation sites (tertiary alicyclic amines) is 1.